The Balaban J connectivity index is 2.65. The quantitative estimate of drug-likeness (QED) is 0.756. The SMILES string of the molecule is CC(=O)NCC#Cc1cccc(CC(=O)O)c1. The van der Waals surface area contributed by atoms with Gasteiger partial charge in [0.25, 0.3) is 0 Å². The Bertz CT molecular complexity index is 483. The Kier molecular flexibility index (Phi) is 4.77. The topological polar surface area (TPSA) is 66.4 Å². The molecule has 0 bridgehead atoms. The number of carboxylic acids is 1. The fourth-order valence-corrected chi connectivity index (χ4v) is 1.25. The lowest BCUT2D eigenvalue weighted by Crippen LogP contribution is -2.19. The number of aliphatic carboxylic acids is 1. The predicted octanol–water partition coefficient (Wildman–Crippen LogP) is 0.801. The van der Waals surface area contributed by atoms with E-state index in [1.807, 2.05) is 0 Å². The monoisotopic (exact) mass is 231 g/mol. The van der Waals surface area contributed by atoms with E-state index in [2.05, 4.69) is 17.2 Å². The lowest BCUT2D eigenvalue weighted by Gasteiger charge is -1.97. The Hall–Kier alpha value is -2.28. The van der Waals surface area contributed by atoms with Crippen LogP contribution in [-0.4, -0.2) is 23.5 Å². The van der Waals surface area contributed by atoms with Gasteiger partial charge in [0.05, 0.1) is 13.0 Å². The van der Waals surface area contributed by atoms with E-state index in [-0.39, 0.29) is 12.3 Å². The molecule has 0 atom stereocenters. The van der Waals surface area contributed by atoms with Gasteiger partial charge >= 0.3 is 5.97 Å². The molecule has 88 valence electrons. The highest BCUT2D eigenvalue weighted by Crippen LogP contribution is 2.04. The first-order chi connectivity index (χ1) is 8.08. The Morgan fingerprint density at radius 1 is 1.41 bits per heavy atom. The van der Waals surface area contributed by atoms with Crippen LogP contribution in [0.3, 0.4) is 0 Å². The first kappa shape index (κ1) is 12.8. The largest absolute Gasteiger partial charge is 0.481 e. The van der Waals surface area contributed by atoms with Crippen molar-refractivity contribution < 1.29 is 14.7 Å². The van der Waals surface area contributed by atoms with Crippen LogP contribution in [-0.2, 0) is 16.0 Å². The maximum absolute atomic E-state index is 10.6. The lowest BCUT2D eigenvalue weighted by molar-refractivity contribution is -0.136. The molecule has 0 fully saturated rings. The van der Waals surface area contributed by atoms with E-state index in [1.165, 1.54) is 6.92 Å². The average Bonchev–Trinajstić information content (AvgIpc) is 2.24. The number of benzene rings is 1. The van der Waals surface area contributed by atoms with Crippen molar-refractivity contribution in [2.75, 3.05) is 6.54 Å². The van der Waals surface area contributed by atoms with Crippen LogP contribution in [0.15, 0.2) is 24.3 Å². The van der Waals surface area contributed by atoms with E-state index < -0.39 is 5.97 Å². The molecule has 0 aromatic heterocycles. The summed E-state index contributed by atoms with van der Waals surface area (Å²) in [6.07, 6.45) is -0.0127. The predicted molar refractivity (Wildman–Crippen MR) is 63.3 cm³/mol. The van der Waals surface area contributed by atoms with Crippen LogP contribution in [0.4, 0.5) is 0 Å². The fraction of sp³-hybridized carbons (Fsp3) is 0.231. The number of hydrogen-bond acceptors (Lipinski definition) is 2. The molecule has 1 amide bonds. The van der Waals surface area contributed by atoms with Crippen LogP contribution in [0.5, 0.6) is 0 Å². The van der Waals surface area contributed by atoms with Gasteiger partial charge in [-0.15, -0.1) is 0 Å². The third-order valence-corrected chi connectivity index (χ3v) is 1.94. The third-order valence-electron chi connectivity index (χ3n) is 1.94. The van der Waals surface area contributed by atoms with Crippen LogP contribution in [0.25, 0.3) is 0 Å². The molecule has 0 aliphatic carbocycles. The van der Waals surface area contributed by atoms with Gasteiger partial charge < -0.3 is 10.4 Å². The van der Waals surface area contributed by atoms with Crippen LogP contribution in [0, 0.1) is 11.8 Å². The second-order valence-electron chi connectivity index (χ2n) is 3.48. The molecule has 4 heteroatoms. The molecule has 0 saturated heterocycles. The van der Waals surface area contributed by atoms with E-state index >= 15 is 0 Å². The highest BCUT2D eigenvalue weighted by molar-refractivity contribution is 5.73. The van der Waals surface area contributed by atoms with E-state index in [4.69, 9.17) is 5.11 Å². The fourth-order valence-electron chi connectivity index (χ4n) is 1.25. The van der Waals surface area contributed by atoms with Crippen LogP contribution in [0.1, 0.15) is 18.1 Å². The van der Waals surface area contributed by atoms with Crippen molar-refractivity contribution in [2.45, 2.75) is 13.3 Å². The number of amides is 1. The van der Waals surface area contributed by atoms with Crippen molar-refractivity contribution in [2.24, 2.45) is 0 Å². The zero-order valence-corrected chi connectivity index (χ0v) is 9.49. The van der Waals surface area contributed by atoms with Crippen molar-refractivity contribution in [3.8, 4) is 11.8 Å². The van der Waals surface area contributed by atoms with Gasteiger partial charge in [0, 0.05) is 12.5 Å². The average molecular weight is 231 g/mol. The Morgan fingerprint density at radius 2 is 2.18 bits per heavy atom. The molecule has 0 aliphatic rings. The standard InChI is InChI=1S/C13H13NO3/c1-10(15)14-7-3-6-11-4-2-5-12(8-11)9-13(16)17/h2,4-5,8H,7,9H2,1H3,(H,14,15)(H,16,17). The minimum absolute atomic E-state index is 0.0127. The van der Waals surface area contributed by atoms with Gasteiger partial charge in [0.2, 0.25) is 5.91 Å². The molecule has 0 heterocycles. The van der Waals surface area contributed by atoms with Crippen molar-refractivity contribution >= 4 is 11.9 Å². The van der Waals surface area contributed by atoms with E-state index in [9.17, 15) is 9.59 Å². The minimum atomic E-state index is -0.867. The molecule has 0 unspecified atom stereocenters. The molecule has 17 heavy (non-hydrogen) atoms. The van der Waals surface area contributed by atoms with Gasteiger partial charge in [-0.2, -0.15) is 0 Å². The molecule has 0 spiro atoms. The summed E-state index contributed by atoms with van der Waals surface area (Å²) in [5, 5.41) is 11.2. The first-order valence-electron chi connectivity index (χ1n) is 5.12. The van der Waals surface area contributed by atoms with Crippen LogP contribution < -0.4 is 5.32 Å². The van der Waals surface area contributed by atoms with Gasteiger partial charge in [0.1, 0.15) is 0 Å². The van der Waals surface area contributed by atoms with Crippen LogP contribution in [0.2, 0.25) is 0 Å². The van der Waals surface area contributed by atoms with Crippen molar-refractivity contribution in [3.63, 3.8) is 0 Å². The van der Waals surface area contributed by atoms with Gasteiger partial charge in [-0.05, 0) is 17.7 Å². The zero-order valence-electron chi connectivity index (χ0n) is 9.49. The normalized spacial score (nSPS) is 9.00. The summed E-state index contributed by atoms with van der Waals surface area (Å²) in [4.78, 5) is 21.1. The second kappa shape index (κ2) is 6.33. The number of carbonyl (C=O) groups excluding carboxylic acids is 1. The van der Waals surface area contributed by atoms with Crippen LogP contribution >= 0.6 is 0 Å². The lowest BCUT2D eigenvalue weighted by atomic mass is 10.1. The van der Waals surface area contributed by atoms with Gasteiger partial charge in [0.15, 0.2) is 0 Å². The maximum Gasteiger partial charge on any atom is 0.307 e. The molecular weight excluding hydrogens is 218 g/mol. The molecule has 0 saturated carbocycles. The summed E-state index contributed by atoms with van der Waals surface area (Å²) in [5.74, 6) is 4.65. The molecule has 1 aromatic carbocycles. The summed E-state index contributed by atoms with van der Waals surface area (Å²) in [6.45, 7) is 1.72. The highest BCUT2D eigenvalue weighted by atomic mass is 16.4. The molecular formula is C13H13NO3. The van der Waals surface area contributed by atoms with Crippen molar-refractivity contribution in [1.29, 1.82) is 0 Å². The molecule has 1 rings (SSSR count). The van der Waals surface area contributed by atoms with Gasteiger partial charge in [-0.3, -0.25) is 9.59 Å². The number of rotatable bonds is 3. The smallest absolute Gasteiger partial charge is 0.307 e. The number of carbonyl (C=O) groups is 2. The first-order valence-corrected chi connectivity index (χ1v) is 5.12. The Morgan fingerprint density at radius 3 is 2.82 bits per heavy atom. The van der Waals surface area contributed by atoms with E-state index in [1.54, 1.807) is 24.3 Å². The highest BCUT2D eigenvalue weighted by Gasteiger charge is 1.99. The van der Waals surface area contributed by atoms with E-state index in [0.717, 1.165) is 5.56 Å². The van der Waals surface area contributed by atoms with Crippen molar-refractivity contribution in [3.05, 3.63) is 35.4 Å². The minimum Gasteiger partial charge on any atom is -0.481 e. The molecule has 0 radical (unpaired) electrons. The summed E-state index contributed by atoms with van der Waals surface area (Å²) in [5.41, 5.74) is 1.46. The van der Waals surface area contributed by atoms with Crippen molar-refractivity contribution in [1.82, 2.24) is 5.32 Å². The van der Waals surface area contributed by atoms with Gasteiger partial charge in [-0.25, -0.2) is 0 Å². The third kappa shape index (κ3) is 5.38. The Labute approximate surface area is 99.7 Å². The zero-order chi connectivity index (χ0) is 12.7. The summed E-state index contributed by atoms with van der Waals surface area (Å²) < 4.78 is 0. The number of nitrogens with one attached hydrogen (secondary N) is 1. The molecule has 1 aromatic rings. The summed E-state index contributed by atoms with van der Waals surface area (Å²) >= 11 is 0. The number of carboxylic acid groups (broad SMARTS) is 1. The molecule has 4 nitrogen and oxygen atoms in total. The molecule has 0 aliphatic heterocycles. The number of hydrogen-bond donors (Lipinski definition) is 2. The summed E-state index contributed by atoms with van der Waals surface area (Å²) in [6, 6.07) is 7.04. The van der Waals surface area contributed by atoms with E-state index in [0.29, 0.717) is 12.1 Å². The molecule has 2 N–H and O–H groups in total. The second-order valence-corrected chi connectivity index (χ2v) is 3.48. The maximum atomic E-state index is 10.6. The summed E-state index contributed by atoms with van der Waals surface area (Å²) in [7, 11) is 0. The van der Waals surface area contributed by atoms with Gasteiger partial charge in [-0.1, -0.05) is 24.0 Å².